The van der Waals surface area contributed by atoms with Gasteiger partial charge in [0.2, 0.25) is 0 Å². The van der Waals surface area contributed by atoms with Crippen LogP contribution in [0.1, 0.15) is 43.0 Å². The summed E-state index contributed by atoms with van der Waals surface area (Å²) in [5.74, 6) is 0.947. The number of aryl methyl sites for hydroxylation is 1. The third kappa shape index (κ3) is 4.65. The van der Waals surface area contributed by atoms with E-state index in [2.05, 4.69) is 40.7 Å². The van der Waals surface area contributed by atoms with Gasteiger partial charge in [-0.05, 0) is 32.3 Å². The highest BCUT2D eigenvalue weighted by atomic mass is 16.5. The van der Waals surface area contributed by atoms with E-state index in [1.807, 2.05) is 18.3 Å². The molecule has 5 heteroatoms. The lowest BCUT2D eigenvalue weighted by Gasteiger charge is -2.26. The maximum Gasteiger partial charge on any atom is 0.123 e. The van der Waals surface area contributed by atoms with Crippen LogP contribution in [0.25, 0.3) is 0 Å². The van der Waals surface area contributed by atoms with Crippen molar-refractivity contribution < 1.29 is 9.47 Å². The van der Waals surface area contributed by atoms with E-state index in [0.29, 0.717) is 6.10 Å². The molecule has 0 saturated carbocycles. The van der Waals surface area contributed by atoms with Crippen molar-refractivity contribution in [3.63, 3.8) is 0 Å². The topological polar surface area (TPSA) is 39.5 Å². The molecule has 0 N–H and O–H groups in total. The molecule has 1 aliphatic rings. The van der Waals surface area contributed by atoms with Crippen molar-refractivity contribution in [2.24, 2.45) is 0 Å². The van der Waals surface area contributed by atoms with E-state index < -0.39 is 0 Å². The zero-order valence-corrected chi connectivity index (χ0v) is 16.3. The summed E-state index contributed by atoms with van der Waals surface area (Å²) in [4.78, 5) is 2.47. The van der Waals surface area contributed by atoms with Gasteiger partial charge in [0.05, 0.1) is 19.4 Å². The lowest BCUT2D eigenvalue weighted by molar-refractivity contribution is 0.0675. The molecule has 1 atom stereocenters. The number of rotatable bonds is 9. The highest BCUT2D eigenvalue weighted by Gasteiger charge is 2.21. The first kappa shape index (κ1) is 18.9. The lowest BCUT2D eigenvalue weighted by Crippen LogP contribution is -2.31. The fraction of sp³-hybridized carbons (Fsp3) is 0.571. The van der Waals surface area contributed by atoms with E-state index >= 15 is 0 Å². The van der Waals surface area contributed by atoms with Gasteiger partial charge < -0.3 is 9.47 Å². The Kier molecular flexibility index (Phi) is 6.69. The van der Waals surface area contributed by atoms with Crippen molar-refractivity contribution in [2.45, 2.75) is 58.8 Å². The van der Waals surface area contributed by atoms with Gasteiger partial charge in [0.1, 0.15) is 5.75 Å². The largest absolute Gasteiger partial charge is 0.496 e. The van der Waals surface area contributed by atoms with Gasteiger partial charge in [-0.15, -0.1) is 0 Å². The first-order chi connectivity index (χ1) is 12.7. The Hall–Kier alpha value is -1.85. The molecular formula is C21H31N3O2. The summed E-state index contributed by atoms with van der Waals surface area (Å²) >= 11 is 0. The fourth-order valence-corrected chi connectivity index (χ4v) is 3.65. The second-order valence-electron chi connectivity index (χ2n) is 7.09. The van der Waals surface area contributed by atoms with Gasteiger partial charge in [-0.2, -0.15) is 5.10 Å². The van der Waals surface area contributed by atoms with Crippen molar-refractivity contribution in [3.05, 3.63) is 47.3 Å². The monoisotopic (exact) mass is 357 g/mol. The minimum absolute atomic E-state index is 0.329. The van der Waals surface area contributed by atoms with Crippen molar-refractivity contribution in [3.8, 4) is 5.75 Å². The Labute approximate surface area is 156 Å². The number of nitrogens with zero attached hydrogens (tertiary/aromatic N) is 3. The van der Waals surface area contributed by atoms with Gasteiger partial charge in [0.15, 0.2) is 0 Å². The summed E-state index contributed by atoms with van der Waals surface area (Å²) in [5, 5.41) is 4.57. The van der Waals surface area contributed by atoms with Crippen molar-refractivity contribution in [1.29, 1.82) is 0 Å². The molecule has 1 aromatic carbocycles. The van der Waals surface area contributed by atoms with Crippen LogP contribution in [-0.4, -0.2) is 41.0 Å². The quantitative estimate of drug-likeness (QED) is 0.684. The van der Waals surface area contributed by atoms with Gasteiger partial charge in [0, 0.05) is 49.6 Å². The van der Waals surface area contributed by atoms with Crippen molar-refractivity contribution in [2.75, 3.05) is 20.3 Å². The van der Waals surface area contributed by atoms with Crippen LogP contribution in [0.15, 0.2) is 30.5 Å². The molecule has 0 unspecified atom stereocenters. The average molecular weight is 357 g/mol. The molecule has 1 aromatic heterocycles. The van der Waals surface area contributed by atoms with Crippen LogP contribution in [0.3, 0.4) is 0 Å². The molecule has 0 amide bonds. The van der Waals surface area contributed by atoms with Crippen LogP contribution in [0, 0.1) is 6.92 Å². The van der Waals surface area contributed by atoms with Gasteiger partial charge >= 0.3 is 0 Å². The van der Waals surface area contributed by atoms with Crippen LogP contribution in [-0.2, 0) is 24.4 Å². The zero-order valence-electron chi connectivity index (χ0n) is 16.3. The fourth-order valence-electron chi connectivity index (χ4n) is 3.65. The van der Waals surface area contributed by atoms with Crippen LogP contribution in [0.2, 0.25) is 0 Å². The highest BCUT2D eigenvalue weighted by molar-refractivity contribution is 5.33. The molecule has 0 aliphatic carbocycles. The molecule has 26 heavy (non-hydrogen) atoms. The van der Waals surface area contributed by atoms with Gasteiger partial charge in [-0.3, -0.25) is 9.58 Å². The predicted octanol–water partition coefficient (Wildman–Crippen LogP) is 3.79. The number of ether oxygens (including phenoxy) is 2. The SMILES string of the molecule is CCCn1ncc(CN(Cc2ccccc2OC)C[C@H]2CCCO2)c1C. The Balaban J connectivity index is 1.76. The highest BCUT2D eigenvalue weighted by Crippen LogP contribution is 2.23. The number of para-hydroxylation sites is 1. The molecule has 3 rings (SSSR count). The smallest absolute Gasteiger partial charge is 0.123 e. The number of hydrogen-bond donors (Lipinski definition) is 0. The standard InChI is InChI=1S/C21H31N3O2/c1-4-11-24-17(2)19(13-22-24)15-23(16-20-9-7-12-26-20)14-18-8-5-6-10-21(18)25-3/h5-6,8,10,13,20H,4,7,9,11-12,14-16H2,1-3H3/t20-/m1/s1. The summed E-state index contributed by atoms with van der Waals surface area (Å²) in [5.41, 5.74) is 3.78. The van der Waals surface area contributed by atoms with Gasteiger partial charge in [0.25, 0.3) is 0 Å². The predicted molar refractivity (Wildman–Crippen MR) is 103 cm³/mol. The average Bonchev–Trinajstić information content (AvgIpc) is 3.27. The van der Waals surface area contributed by atoms with Crippen LogP contribution < -0.4 is 4.74 Å². The van der Waals surface area contributed by atoms with E-state index in [1.54, 1.807) is 7.11 Å². The van der Waals surface area contributed by atoms with Crippen molar-refractivity contribution in [1.82, 2.24) is 14.7 Å². The van der Waals surface area contributed by atoms with Crippen molar-refractivity contribution >= 4 is 0 Å². The Bertz CT molecular complexity index is 692. The van der Waals surface area contributed by atoms with Crippen LogP contribution in [0.5, 0.6) is 5.75 Å². The van der Waals surface area contributed by atoms with Crippen LogP contribution in [0.4, 0.5) is 0 Å². The zero-order chi connectivity index (χ0) is 18.4. The molecule has 0 radical (unpaired) electrons. The Morgan fingerprint density at radius 2 is 2.08 bits per heavy atom. The van der Waals surface area contributed by atoms with E-state index in [4.69, 9.17) is 9.47 Å². The number of methoxy groups -OCH3 is 1. The Morgan fingerprint density at radius 1 is 1.27 bits per heavy atom. The van der Waals surface area contributed by atoms with E-state index in [1.165, 1.54) is 23.2 Å². The van der Waals surface area contributed by atoms with Gasteiger partial charge in [-0.25, -0.2) is 0 Å². The summed E-state index contributed by atoms with van der Waals surface area (Å²) in [6, 6.07) is 8.27. The molecule has 2 heterocycles. The van der Waals surface area contributed by atoms with E-state index in [-0.39, 0.29) is 0 Å². The minimum Gasteiger partial charge on any atom is -0.496 e. The third-order valence-corrected chi connectivity index (χ3v) is 5.11. The van der Waals surface area contributed by atoms with Gasteiger partial charge in [-0.1, -0.05) is 25.1 Å². The molecule has 1 saturated heterocycles. The van der Waals surface area contributed by atoms with E-state index in [9.17, 15) is 0 Å². The summed E-state index contributed by atoms with van der Waals surface area (Å²) in [6.07, 6.45) is 5.77. The number of benzene rings is 1. The normalized spacial score (nSPS) is 17.2. The summed E-state index contributed by atoms with van der Waals surface area (Å²) in [6.45, 7) is 8.90. The number of aromatic nitrogens is 2. The lowest BCUT2D eigenvalue weighted by atomic mass is 10.1. The second-order valence-corrected chi connectivity index (χ2v) is 7.09. The second kappa shape index (κ2) is 9.19. The van der Waals surface area contributed by atoms with Crippen LogP contribution >= 0.6 is 0 Å². The molecule has 142 valence electrons. The molecule has 5 nitrogen and oxygen atoms in total. The molecule has 1 aliphatic heterocycles. The molecule has 1 fully saturated rings. The Morgan fingerprint density at radius 3 is 2.81 bits per heavy atom. The first-order valence-corrected chi connectivity index (χ1v) is 9.68. The maximum absolute atomic E-state index is 5.90. The molecule has 0 spiro atoms. The molecule has 0 bridgehead atoms. The molecular weight excluding hydrogens is 326 g/mol. The summed E-state index contributed by atoms with van der Waals surface area (Å²) < 4.78 is 13.6. The third-order valence-electron chi connectivity index (χ3n) is 5.11. The van der Waals surface area contributed by atoms with E-state index in [0.717, 1.165) is 51.4 Å². The number of hydrogen-bond acceptors (Lipinski definition) is 4. The first-order valence-electron chi connectivity index (χ1n) is 9.68. The maximum atomic E-state index is 5.90. The summed E-state index contributed by atoms with van der Waals surface area (Å²) in [7, 11) is 1.74. The molecule has 2 aromatic rings. The minimum atomic E-state index is 0.329.